The molecule has 0 saturated heterocycles. The monoisotopic (exact) mass is 470 g/mol. The van der Waals surface area contributed by atoms with Gasteiger partial charge in [0.25, 0.3) is 5.91 Å². The van der Waals surface area contributed by atoms with Crippen LogP contribution in [-0.2, 0) is 0 Å². The minimum atomic E-state index is -4.56. The van der Waals surface area contributed by atoms with E-state index in [9.17, 15) is 18.0 Å². The summed E-state index contributed by atoms with van der Waals surface area (Å²) in [5, 5.41) is 11.1. The molecular formula is C19H14ClF3N4O3S. The number of benzene rings is 1. The summed E-state index contributed by atoms with van der Waals surface area (Å²) in [6.07, 6.45) is -4.83. The van der Waals surface area contributed by atoms with Crippen LogP contribution in [0, 0.1) is 0 Å². The molecule has 2 N–H and O–H groups in total. The summed E-state index contributed by atoms with van der Waals surface area (Å²) in [6.45, 7) is 0.0717. The number of anilines is 2. The summed E-state index contributed by atoms with van der Waals surface area (Å²) >= 11 is 7.67. The molecule has 0 radical (unpaired) electrons. The van der Waals surface area contributed by atoms with Crippen molar-refractivity contribution in [1.82, 2.24) is 9.78 Å². The molecule has 1 amide bonds. The van der Waals surface area contributed by atoms with E-state index in [1.165, 1.54) is 11.3 Å². The lowest BCUT2D eigenvalue weighted by molar-refractivity contribution is -0.173. The molecule has 2 aliphatic rings. The zero-order valence-electron chi connectivity index (χ0n) is 15.6. The molecule has 31 heavy (non-hydrogen) atoms. The first-order valence-corrected chi connectivity index (χ1v) is 10.4. The maximum atomic E-state index is 13.8. The van der Waals surface area contributed by atoms with Gasteiger partial charge in [-0.25, -0.2) is 4.68 Å². The lowest BCUT2D eigenvalue weighted by Gasteiger charge is -2.32. The summed E-state index contributed by atoms with van der Waals surface area (Å²) in [4.78, 5) is 13.5. The molecule has 0 saturated carbocycles. The number of fused-ring (bicyclic) bond motifs is 2. The average molecular weight is 471 g/mol. The molecule has 162 valence electrons. The number of thiophene rings is 1. The standard InChI is InChI=1S/C19H14ClF3N4O3S/c20-15-16(18(28)24-9-3-4-11-12(6-9)30-8-29-11)26-27-14(19(21,22)23)7-10(25-17(15)27)13-2-1-5-31-13/h1-6,10,14,25H,7-8H2,(H,24,28)/t10-,14+/m0/s1. The van der Waals surface area contributed by atoms with E-state index in [4.69, 9.17) is 21.1 Å². The highest BCUT2D eigenvalue weighted by molar-refractivity contribution is 7.10. The fraction of sp³-hybridized carbons (Fsp3) is 0.263. The van der Waals surface area contributed by atoms with Gasteiger partial charge < -0.3 is 20.1 Å². The summed E-state index contributed by atoms with van der Waals surface area (Å²) in [5.41, 5.74) is 0.0657. The smallest absolute Gasteiger partial charge is 0.410 e. The van der Waals surface area contributed by atoms with Crippen LogP contribution < -0.4 is 20.1 Å². The second kappa shape index (κ2) is 7.34. The quantitative estimate of drug-likeness (QED) is 0.547. The Kier molecular flexibility index (Phi) is 4.74. The lowest BCUT2D eigenvalue weighted by atomic mass is 10.0. The minimum absolute atomic E-state index is 0.0375. The zero-order valence-corrected chi connectivity index (χ0v) is 17.1. The van der Waals surface area contributed by atoms with Gasteiger partial charge in [-0.05, 0) is 23.6 Å². The van der Waals surface area contributed by atoms with Crippen LogP contribution in [-0.4, -0.2) is 28.7 Å². The predicted octanol–water partition coefficient (Wildman–Crippen LogP) is 5.24. The Hall–Kier alpha value is -2.92. The third kappa shape index (κ3) is 3.57. The largest absolute Gasteiger partial charge is 0.454 e. The predicted molar refractivity (Wildman–Crippen MR) is 108 cm³/mol. The second-order valence-electron chi connectivity index (χ2n) is 6.98. The number of hydrogen-bond acceptors (Lipinski definition) is 6. The first-order chi connectivity index (χ1) is 14.8. The van der Waals surface area contributed by atoms with E-state index in [1.807, 2.05) is 0 Å². The van der Waals surface area contributed by atoms with Gasteiger partial charge in [0.1, 0.15) is 10.8 Å². The lowest BCUT2D eigenvalue weighted by Crippen LogP contribution is -2.35. The van der Waals surface area contributed by atoms with Gasteiger partial charge in [-0.2, -0.15) is 18.3 Å². The highest BCUT2D eigenvalue weighted by Gasteiger charge is 2.48. The van der Waals surface area contributed by atoms with E-state index in [0.29, 0.717) is 17.2 Å². The van der Waals surface area contributed by atoms with Gasteiger partial charge >= 0.3 is 6.18 Å². The highest BCUT2D eigenvalue weighted by atomic mass is 35.5. The minimum Gasteiger partial charge on any atom is -0.454 e. The van der Waals surface area contributed by atoms with Crippen molar-refractivity contribution in [3.05, 3.63) is 51.3 Å². The van der Waals surface area contributed by atoms with E-state index < -0.39 is 24.2 Å². The molecule has 0 fully saturated rings. The van der Waals surface area contributed by atoms with Crippen LogP contribution in [0.2, 0.25) is 5.02 Å². The number of carbonyl (C=O) groups is 1. The molecule has 2 aromatic heterocycles. The van der Waals surface area contributed by atoms with E-state index in [2.05, 4.69) is 15.7 Å². The van der Waals surface area contributed by atoms with Crippen molar-refractivity contribution in [2.45, 2.75) is 24.7 Å². The molecular weight excluding hydrogens is 457 g/mol. The number of amides is 1. The number of alkyl halides is 3. The number of ether oxygens (including phenoxy) is 2. The highest BCUT2D eigenvalue weighted by Crippen LogP contribution is 2.47. The SMILES string of the molecule is O=C(Nc1ccc2c(c1)OCO2)c1nn2c(c1Cl)N[C@H](c1cccs1)C[C@@H]2C(F)(F)F. The summed E-state index contributed by atoms with van der Waals surface area (Å²) in [7, 11) is 0. The number of halogens is 4. The average Bonchev–Trinajstić information content (AvgIpc) is 3.46. The maximum absolute atomic E-state index is 13.8. The maximum Gasteiger partial charge on any atom is 0.410 e. The molecule has 2 aliphatic heterocycles. The number of nitrogens with one attached hydrogen (secondary N) is 2. The van der Waals surface area contributed by atoms with Gasteiger partial charge in [0.05, 0.1) is 6.04 Å². The zero-order chi connectivity index (χ0) is 21.8. The van der Waals surface area contributed by atoms with Gasteiger partial charge in [0.15, 0.2) is 23.2 Å². The Morgan fingerprint density at radius 2 is 2.10 bits per heavy atom. The molecule has 0 spiro atoms. The number of aromatic nitrogens is 2. The van der Waals surface area contributed by atoms with Gasteiger partial charge in [-0.3, -0.25) is 4.79 Å². The Labute approximate surface area is 182 Å². The van der Waals surface area contributed by atoms with E-state index in [-0.39, 0.29) is 29.7 Å². The van der Waals surface area contributed by atoms with Crippen molar-refractivity contribution in [2.75, 3.05) is 17.4 Å². The van der Waals surface area contributed by atoms with Gasteiger partial charge in [0.2, 0.25) is 6.79 Å². The summed E-state index contributed by atoms with van der Waals surface area (Å²) in [5.74, 6) is 0.210. The van der Waals surface area contributed by atoms with Crippen LogP contribution >= 0.6 is 22.9 Å². The Balaban J connectivity index is 1.47. The van der Waals surface area contributed by atoms with Crippen molar-refractivity contribution < 1.29 is 27.4 Å². The van der Waals surface area contributed by atoms with Crippen molar-refractivity contribution in [1.29, 1.82) is 0 Å². The van der Waals surface area contributed by atoms with Gasteiger partial charge in [-0.1, -0.05) is 17.7 Å². The molecule has 7 nitrogen and oxygen atoms in total. The first kappa shape index (κ1) is 20.0. The molecule has 4 heterocycles. The van der Waals surface area contributed by atoms with Gasteiger partial charge in [0, 0.05) is 23.1 Å². The van der Waals surface area contributed by atoms with E-state index in [1.54, 1.807) is 35.7 Å². The fourth-order valence-electron chi connectivity index (χ4n) is 3.58. The summed E-state index contributed by atoms with van der Waals surface area (Å²) in [6, 6.07) is 5.75. The van der Waals surface area contributed by atoms with Crippen molar-refractivity contribution >= 4 is 40.4 Å². The van der Waals surface area contributed by atoms with Crippen LogP contribution in [0.3, 0.4) is 0 Å². The van der Waals surface area contributed by atoms with Gasteiger partial charge in [-0.15, -0.1) is 11.3 Å². The van der Waals surface area contributed by atoms with Crippen molar-refractivity contribution in [2.24, 2.45) is 0 Å². The fourth-order valence-corrected chi connectivity index (χ4v) is 4.63. The third-order valence-electron chi connectivity index (χ3n) is 5.03. The number of nitrogens with zero attached hydrogens (tertiary/aromatic N) is 2. The topological polar surface area (TPSA) is 77.4 Å². The summed E-state index contributed by atoms with van der Waals surface area (Å²) < 4.78 is 52.6. The van der Waals surface area contributed by atoms with Crippen LogP contribution in [0.15, 0.2) is 35.7 Å². The third-order valence-corrected chi connectivity index (χ3v) is 6.37. The van der Waals surface area contributed by atoms with Crippen LogP contribution in [0.4, 0.5) is 24.7 Å². The normalized spacial score (nSPS) is 19.6. The van der Waals surface area contributed by atoms with Crippen LogP contribution in [0.1, 0.15) is 33.9 Å². The second-order valence-corrected chi connectivity index (χ2v) is 8.34. The molecule has 2 atom stereocenters. The van der Waals surface area contributed by atoms with E-state index in [0.717, 1.165) is 9.56 Å². The molecule has 3 aromatic rings. The number of hydrogen-bond donors (Lipinski definition) is 2. The Morgan fingerprint density at radius 1 is 1.29 bits per heavy atom. The number of carbonyl (C=O) groups excluding carboxylic acids is 1. The first-order valence-electron chi connectivity index (χ1n) is 9.17. The molecule has 5 rings (SSSR count). The Morgan fingerprint density at radius 3 is 2.84 bits per heavy atom. The van der Waals surface area contributed by atoms with E-state index >= 15 is 0 Å². The Bertz CT molecular complexity index is 1150. The molecule has 0 bridgehead atoms. The van der Waals surface area contributed by atoms with Crippen molar-refractivity contribution in [3.63, 3.8) is 0 Å². The molecule has 0 aliphatic carbocycles. The van der Waals surface area contributed by atoms with Crippen LogP contribution in [0.25, 0.3) is 0 Å². The molecule has 0 unspecified atom stereocenters. The van der Waals surface area contributed by atoms with Crippen LogP contribution in [0.5, 0.6) is 11.5 Å². The molecule has 12 heteroatoms. The number of rotatable bonds is 3. The molecule has 1 aromatic carbocycles. The van der Waals surface area contributed by atoms with Crippen molar-refractivity contribution in [3.8, 4) is 11.5 Å².